The van der Waals surface area contributed by atoms with Crippen molar-refractivity contribution in [3.63, 3.8) is 0 Å². The molecule has 21 heavy (non-hydrogen) atoms. The number of rotatable bonds is 4. The van der Waals surface area contributed by atoms with Crippen LogP contribution in [0.2, 0.25) is 0 Å². The zero-order chi connectivity index (χ0) is 15.6. The molecule has 5 heteroatoms. The number of nitrogens with zero attached hydrogens (tertiary/aromatic N) is 3. The van der Waals surface area contributed by atoms with Crippen LogP contribution in [0.25, 0.3) is 0 Å². The van der Waals surface area contributed by atoms with Gasteiger partial charge < -0.3 is 10.0 Å². The molecule has 2 heterocycles. The standard InChI is InChI=1S/C16H23N3OS/c1-11-7-6-8-12(17-11)9-19(5)15-18-14(16(2,3)4)13(10-20)21-15/h6-8,20H,9-10H2,1-5H3. The van der Waals surface area contributed by atoms with Crippen molar-refractivity contribution < 1.29 is 5.11 Å². The SMILES string of the molecule is Cc1cccc(CN(C)c2nc(C(C)(C)C)c(CO)s2)n1. The normalized spacial score (nSPS) is 11.7. The molecule has 0 aliphatic rings. The number of aliphatic hydroxyl groups is 1. The van der Waals surface area contributed by atoms with Crippen LogP contribution in [0.3, 0.4) is 0 Å². The third-order valence-corrected chi connectivity index (χ3v) is 4.37. The molecule has 0 spiro atoms. The quantitative estimate of drug-likeness (QED) is 0.942. The zero-order valence-electron chi connectivity index (χ0n) is 13.3. The van der Waals surface area contributed by atoms with E-state index in [9.17, 15) is 5.11 Å². The van der Waals surface area contributed by atoms with E-state index < -0.39 is 0 Å². The van der Waals surface area contributed by atoms with Crippen LogP contribution in [0.1, 0.15) is 42.7 Å². The van der Waals surface area contributed by atoms with Crippen molar-refractivity contribution in [2.24, 2.45) is 0 Å². The van der Waals surface area contributed by atoms with Gasteiger partial charge in [-0.05, 0) is 19.1 Å². The highest BCUT2D eigenvalue weighted by Gasteiger charge is 2.24. The second-order valence-corrected chi connectivity index (χ2v) is 7.36. The van der Waals surface area contributed by atoms with Crippen molar-refractivity contribution in [2.45, 2.75) is 46.3 Å². The summed E-state index contributed by atoms with van der Waals surface area (Å²) in [5.74, 6) is 0. The number of hydrogen-bond acceptors (Lipinski definition) is 5. The molecule has 0 saturated carbocycles. The molecule has 114 valence electrons. The lowest BCUT2D eigenvalue weighted by Crippen LogP contribution is -2.18. The smallest absolute Gasteiger partial charge is 0.185 e. The van der Waals surface area contributed by atoms with Crippen molar-refractivity contribution in [1.29, 1.82) is 0 Å². The molecule has 0 aliphatic heterocycles. The van der Waals surface area contributed by atoms with Gasteiger partial charge in [-0.2, -0.15) is 0 Å². The van der Waals surface area contributed by atoms with E-state index in [-0.39, 0.29) is 12.0 Å². The zero-order valence-corrected chi connectivity index (χ0v) is 14.2. The van der Waals surface area contributed by atoms with E-state index in [1.165, 1.54) is 0 Å². The summed E-state index contributed by atoms with van der Waals surface area (Å²) in [5, 5.41) is 10.5. The Labute approximate surface area is 130 Å². The molecule has 2 aromatic heterocycles. The molecule has 0 radical (unpaired) electrons. The molecule has 1 N–H and O–H groups in total. The van der Waals surface area contributed by atoms with Gasteiger partial charge in [0.1, 0.15) is 0 Å². The van der Waals surface area contributed by atoms with E-state index in [2.05, 4.69) is 30.7 Å². The Kier molecular flexibility index (Phi) is 4.64. The van der Waals surface area contributed by atoms with Gasteiger partial charge >= 0.3 is 0 Å². The van der Waals surface area contributed by atoms with Gasteiger partial charge in [0.2, 0.25) is 0 Å². The van der Waals surface area contributed by atoms with Crippen molar-refractivity contribution in [1.82, 2.24) is 9.97 Å². The van der Waals surface area contributed by atoms with Gasteiger partial charge in [0.15, 0.2) is 5.13 Å². The second-order valence-electron chi connectivity index (χ2n) is 6.30. The van der Waals surface area contributed by atoms with Crippen LogP contribution in [0.5, 0.6) is 0 Å². The van der Waals surface area contributed by atoms with E-state index in [4.69, 9.17) is 4.98 Å². The lowest BCUT2D eigenvalue weighted by Gasteiger charge is -2.18. The maximum atomic E-state index is 9.54. The summed E-state index contributed by atoms with van der Waals surface area (Å²) in [6, 6.07) is 6.04. The fraction of sp³-hybridized carbons (Fsp3) is 0.500. The molecular formula is C16H23N3OS. The maximum absolute atomic E-state index is 9.54. The molecule has 0 amide bonds. The van der Waals surface area contributed by atoms with Gasteiger partial charge in [0.25, 0.3) is 0 Å². The number of aryl methyl sites for hydroxylation is 1. The average molecular weight is 305 g/mol. The van der Waals surface area contributed by atoms with E-state index >= 15 is 0 Å². The van der Waals surface area contributed by atoms with Gasteiger partial charge in [-0.25, -0.2) is 4.98 Å². The minimum Gasteiger partial charge on any atom is -0.391 e. The molecule has 0 fully saturated rings. The highest BCUT2D eigenvalue weighted by Crippen LogP contribution is 2.33. The maximum Gasteiger partial charge on any atom is 0.185 e. The molecule has 4 nitrogen and oxygen atoms in total. The summed E-state index contributed by atoms with van der Waals surface area (Å²) in [6.45, 7) is 9.10. The van der Waals surface area contributed by atoms with Gasteiger partial charge in [0, 0.05) is 18.2 Å². The Hall–Kier alpha value is -1.46. The summed E-state index contributed by atoms with van der Waals surface area (Å²) >= 11 is 1.55. The predicted octanol–water partition coefficient (Wildman–Crippen LogP) is 3.27. The van der Waals surface area contributed by atoms with Crippen LogP contribution >= 0.6 is 11.3 Å². The first-order valence-corrected chi connectivity index (χ1v) is 7.87. The van der Waals surface area contributed by atoms with E-state index in [0.717, 1.165) is 27.1 Å². The fourth-order valence-corrected chi connectivity index (χ4v) is 3.28. The highest BCUT2D eigenvalue weighted by molar-refractivity contribution is 7.15. The van der Waals surface area contributed by atoms with Gasteiger partial charge in [-0.3, -0.25) is 4.98 Å². The number of aromatic nitrogens is 2. The van der Waals surface area contributed by atoms with Crippen molar-refractivity contribution in [3.8, 4) is 0 Å². The van der Waals surface area contributed by atoms with Crippen LogP contribution < -0.4 is 4.90 Å². The molecular weight excluding hydrogens is 282 g/mol. The fourth-order valence-electron chi connectivity index (χ4n) is 2.19. The lowest BCUT2D eigenvalue weighted by molar-refractivity contribution is 0.282. The van der Waals surface area contributed by atoms with Gasteiger partial charge in [0.05, 0.1) is 29.4 Å². The van der Waals surface area contributed by atoms with Crippen LogP contribution in [0.15, 0.2) is 18.2 Å². The Morgan fingerprint density at radius 3 is 2.48 bits per heavy atom. The summed E-state index contributed by atoms with van der Waals surface area (Å²) < 4.78 is 0. The second kappa shape index (κ2) is 6.12. The van der Waals surface area contributed by atoms with Crippen LogP contribution in [-0.2, 0) is 18.6 Å². The third kappa shape index (κ3) is 3.80. The van der Waals surface area contributed by atoms with Crippen LogP contribution in [-0.4, -0.2) is 22.1 Å². The summed E-state index contributed by atoms with van der Waals surface area (Å²) in [6.07, 6.45) is 0. The summed E-state index contributed by atoms with van der Waals surface area (Å²) in [4.78, 5) is 12.3. The number of anilines is 1. The van der Waals surface area contributed by atoms with Crippen molar-refractivity contribution in [2.75, 3.05) is 11.9 Å². The molecule has 0 saturated heterocycles. The van der Waals surface area contributed by atoms with E-state index in [0.29, 0.717) is 6.54 Å². The van der Waals surface area contributed by atoms with E-state index in [1.54, 1.807) is 11.3 Å². The number of pyridine rings is 1. The molecule has 2 rings (SSSR count). The average Bonchev–Trinajstić information content (AvgIpc) is 2.82. The first-order valence-electron chi connectivity index (χ1n) is 7.06. The first kappa shape index (κ1) is 15.9. The van der Waals surface area contributed by atoms with Gasteiger partial charge in [-0.1, -0.05) is 38.2 Å². The Balaban J connectivity index is 2.23. The lowest BCUT2D eigenvalue weighted by atomic mass is 9.91. The van der Waals surface area contributed by atoms with Crippen LogP contribution in [0, 0.1) is 6.92 Å². The molecule has 0 unspecified atom stereocenters. The molecule has 0 aliphatic carbocycles. The van der Waals surface area contributed by atoms with Crippen LogP contribution in [0.4, 0.5) is 5.13 Å². The summed E-state index contributed by atoms with van der Waals surface area (Å²) in [7, 11) is 2.01. The predicted molar refractivity (Wildman–Crippen MR) is 87.8 cm³/mol. The molecule has 2 aromatic rings. The molecule has 0 bridgehead atoms. The minimum absolute atomic E-state index is 0.0425. The number of hydrogen-bond donors (Lipinski definition) is 1. The molecule has 0 atom stereocenters. The highest BCUT2D eigenvalue weighted by atomic mass is 32.1. The van der Waals surface area contributed by atoms with Crippen molar-refractivity contribution >= 4 is 16.5 Å². The minimum atomic E-state index is -0.0603. The van der Waals surface area contributed by atoms with Crippen molar-refractivity contribution in [3.05, 3.63) is 40.2 Å². The summed E-state index contributed by atoms with van der Waals surface area (Å²) in [5.41, 5.74) is 2.96. The third-order valence-electron chi connectivity index (χ3n) is 3.21. The number of aliphatic hydroxyl groups excluding tert-OH is 1. The van der Waals surface area contributed by atoms with E-state index in [1.807, 2.05) is 32.2 Å². The Bertz CT molecular complexity index is 616. The topological polar surface area (TPSA) is 49.2 Å². The number of thiazole rings is 1. The first-order chi connectivity index (χ1) is 9.81. The monoisotopic (exact) mass is 305 g/mol. The Morgan fingerprint density at radius 2 is 1.95 bits per heavy atom. The molecule has 0 aromatic carbocycles. The van der Waals surface area contributed by atoms with Gasteiger partial charge in [-0.15, -0.1) is 0 Å². The Morgan fingerprint density at radius 1 is 1.24 bits per heavy atom. The largest absolute Gasteiger partial charge is 0.391 e.